The first-order valence-electron chi connectivity index (χ1n) is 3.47. The Labute approximate surface area is 77.5 Å². The van der Waals surface area contributed by atoms with Crippen LogP contribution in [0, 0.1) is 0 Å². The third-order valence-corrected chi connectivity index (χ3v) is 2.28. The molecule has 0 aromatic heterocycles. The van der Waals surface area contributed by atoms with Crippen molar-refractivity contribution in [3.63, 3.8) is 0 Å². The van der Waals surface area contributed by atoms with Crippen LogP contribution in [0.1, 0.15) is 10.4 Å². The number of carbonyl (C=O) groups is 1. The van der Waals surface area contributed by atoms with Crippen LogP contribution in [0.4, 0.5) is 5.69 Å². The van der Waals surface area contributed by atoms with E-state index >= 15 is 0 Å². The molecule has 0 spiro atoms. The maximum Gasteiger partial charge on any atom is 0.213 e. The normalized spacial score (nSPS) is 20.5. The summed E-state index contributed by atoms with van der Waals surface area (Å²) in [6, 6.07) is 5.27. The van der Waals surface area contributed by atoms with Gasteiger partial charge in [-0.25, -0.2) is 0 Å². The summed E-state index contributed by atoms with van der Waals surface area (Å²) in [4.78, 5) is 11.2. The Kier molecular flexibility index (Phi) is 1.66. The smallest absolute Gasteiger partial charge is 0.213 e. The van der Waals surface area contributed by atoms with E-state index in [1.54, 1.807) is 12.1 Å². The molecule has 1 aromatic carbocycles. The van der Waals surface area contributed by atoms with Gasteiger partial charge in [-0.15, -0.1) is 0 Å². The summed E-state index contributed by atoms with van der Waals surface area (Å²) >= 11 is 3.25. The van der Waals surface area contributed by atoms with Gasteiger partial charge in [0.15, 0.2) is 6.23 Å². The molecule has 3 nitrogen and oxygen atoms in total. The van der Waals surface area contributed by atoms with Gasteiger partial charge in [-0.2, -0.15) is 0 Å². The summed E-state index contributed by atoms with van der Waals surface area (Å²) in [6.45, 7) is 0. The van der Waals surface area contributed by atoms with Gasteiger partial charge in [0.2, 0.25) is 5.78 Å². The van der Waals surface area contributed by atoms with E-state index in [2.05, 4.69) is 21.2 Å². The number of hydrogen-bond acceptors (Lipinski definition) is 3. The fourth-order valence-electron chi connectivity index (χ4n) is 1.21. The molecule has 0 amide bonds. The molecule has 62 valence electrons. The van der Waals surface area contributed by atoms with Crippen LogP contribution < -0.4 is 5.32 Å². The highest BCUT2D eigenvalue weighted by atomic mass is 79.9. The molecule has 0 bridgehead atoms. The highest BCUT2D eigenvalue weighted by Gasteiger charge is 2.27. The Morgan fingerprint density at radius 2 is 2.25 bits per heavy atom. The Morgan fingerprint density at radius 3 is 3.00 bits per heavy atom. The van der Waals surface area contributed by atoms with E-state index in [-0.39, 0.29) is 5.78 Å². The highest BCUT2D eigenvalue weighted by Crippen LogP contribution is 2.27. The number of carbonyl (C=O) groups excluding carboxylic acids is 1. The van der Waals surface area contributed by atoms with Crippen molar-refractivity contribution in [1.29, 1.82) is 0 Å². The quantitative estimate of drug-likeness (QED) is 0.705. The summed E-state index contributed by atoms with van der Waals surface area (Å²) in [7, 11) is 0. The fourth-order valence-corrected chi connectivity index (χ4v) is 1.57. The van der Waals surface area contributed by atoms with Crippen molar-refractivity contribution in [3.8, 4) is 0 Å². The van der Waals surface area contributed by atoms with E-state index in [0.29, 0.717) is 11.3 Å². The summed E-state index contributed by atoms with van der Waals surface area (Å²) < 4.78 is 0.838. The predicted molar refractivity (Wildman–Crippen MR) is 48.1 cm³/mol. The molecule has 1 heterocycles. The third kappa shape index (κ3) is 1.04. The molecule has 2 N–H and O–H groups in total. The first kappa shape index (κ1) is 7.76. The SMILES string of the molecule is O=C1c2cc(Br)ccc2NC1O. The number of halogens is 1. The maximum absolute atomic E-state index is 11.2. The Bertz CT molecular complexity index is 351. The number of hydrogen-bond donors (Lipinski definition) is 2. The maximum atomic E-state index is 11.2. The second-order valence-corrected chi connectivity index (χ2v) is 3.52. The van der Waals surface area contributed by atoms with Gasteiger partial charge in [0.05, 0.1) is 0 Å². The van der Waals surface area contributed by atoms with Crippen LogP contribution in [0.3, 0.4) is 0 Å². The number of ketones is 1. The van der Waals surface area contributed by atoms with Crippen molar-refractivity contribution in [2.75, 3.05) is 5.32 Å². The van der Waals surface area contributed by atoms with Crippen molar-refractivity contribution in [2.24, 2.45) is 0 Å². The van der Waals surface area contributed by atoms with E-state index in [0.717, 1.165) is 4.47 Å². The number of fused-ring (bicyclic) bond motifs is 1. The monoisotopic (exact) mass is 227 g/mol. The van der Waals surface area contributed by atoms with E-state index in [1.165, 1.54) is 0 Å². The second-order valence-electron chi connectivity index (χ2n) is 2.60. The minimum Gasteiger partial charge on any atom is -0.367 e. The third-order valence-electron chi connectivity index (χ3n) is 1.79. The largest absolute Gasteiger partial charge is 0.367 e. The summed E-state index contributed by atoms with van der Waals surface area (Å²) in [5, 5.41) is 11.8. The van der Waals surface area contributed by atoms with Crippen molar-refractivity contribution in [1.82, 2.24) is 0 Å². The zero-order valence-electron chi connectivity index (χ0n) is 6.04. The van der Waals surface area contributed by atoms with Crippen molar-refractivity contribution in [2.45, 2.75) is 6.23 Å². The van der Waals surface area contributed by atoms with Crippen molar-refractivity contribution >= 4 is 27.4 Å². The van der Waals surface area contributed by atoms with E-state index in [9.17, 15) is 4.79 Å². The minimum absolute atomic E-state index is 0.272. The van der Waals surface area contributed by atoms with Gasteiger partial charge in [0, 0.05) is 15.7 Å². The predicted octanol–water partition coefficient (Wildman–Crippen LogP) is 1.38. The number of aliphatic hydroxyl groups excluding tert-OH is 1. The molecular formula is C8H6BrNO2. The van der Waals surface area contributed by atoms with Crippen LogP contribution in [0.15, 0.2) is 22.7 Å². The lowest BCUT2D eigenvalue weighted by Gasteiger charge is -1.98. The summed E-state index contributed by atoms with van der Waals surface area (Å²) in [5.74, 6) is -0.272. The molecule has 1 aromatic rings. The molecule has 12 heavy (non-hydrogen) atoms. The van der Waals surface area contributed by atoms with E-state index in [4.69, 9.17) is 5.11 Å². The van der Waals surface area contributed by atoms with Crippen molar-refractivity contribution in [3.05, 3.63) is 28.2 Å². The standard InChI is InChI=1S/C8H6BrNO2/c9-4-1-2-6-5(3-4)7(11)8(12)10-6/h1-3,8,10,12H. The van der Waals surface area contributed by atoms with Gasteiger partial charge in [-0.3, -0.25) is 4.79 Å². The van der Waals surface area contributed by atoms with Crippen molar-refractivity contribution < 1.29 is 9.90 Å². The first-order valence-corrected chi connectivity index (χ1v) is 4.26. The Balaban J connectivity index is 2.56. The first-order chi connectivity index (χ1) is 5.68. The summed E-state index contributed by atoms with van der Waals surface area (Å²) in [5.41, 5.74) is 1.23. The van der Waals surface area contributed by atoms with E-state index < -0.39 is 6.23 Å². The van der Waals surface area contributed by atoms with E-state index in [1.807, 2.05) is 6.07 Å². The average Bonchev–Trinajstić information content (AvgIpc) is 2.31. The zero-order valence-corrected chi connectivity index (χ0v) is 7.63. The van der Waals surface area contributed by atoms with Crippen LogP contribution in [-0.2, 0) is 0 Å². The molecule has 1 unspecified atom stereocenters. The molecule has 0 radical (unpaired) electrons. The number of benzene rings is 1. The lowest BCUT2D eigenvalue weighted by atomic mass is 10.1. The van der Waals surface area contributed by atoms with Gasteiger partial charge >= 0.3 is 0 Å². The lowest BCUT2D eigenvalue weighted by molar-refractivity contribution is 0.0814. The Hall–Kier alpha value is -0.870. The minimum atomic E-state index is -1.07. The lowest BCUT2D eigenvalue weighted by Crippen LogP contribution is -2.20. The molecule has 0 saturated carbocycles. The van der Waals surface area contributed by atoms with Crippen LogP contribution in [-0.4, -0.2) is 17.1 Å². The second kappa shape index (κ2) is 2.57. The van der Waals surface area contributed by atoms with Gasteiger partial charge < -0.3 is 10.4 Å². The average molecular weight is 228 g/mol. The number of Topliss-reactive ketones (excluding diaryl/α,β-unsaturated/α-hetero) is 1. The number of rotatable bonds is 0. The van der Waals surface area contributed by atoms with Crippen LogP contribution >= 0.6 is 15.9 Å². The van der Waals surface area contributed by atoms with Gasteiger partial charge in [0.1, 0.15) is 0 Å². The van der Waals surface area contributed by atoms with Crippen LogP contribution in [0.25, 0.3) is 0 Å². The fraction of sp³-hybridized carbons (Fsp3) is 0.125. The molecule has 1 aliphatic rings. The zero-order chi connectivity index (χ0) is 8.72. The topological polar surface area (TPSA) is 49.3 Å². The molecule has 0 aliphatic carbocycles. The number of nitrogens with one attached hydrogen (secondary N) is 1. The molecular weight excluding hydrogens is 222 g/mol. The molecule has 0 fully saturated rings. The van der Waals surface area contributed by atoms with Gasteiger partial charge in [-0.1, -0.05) is 15.9 Å². The molecule has 2 rings (SSSR count). The number of anilines is 1. The molecule has 1 atom stereocenters. The summed E-state index contributed by atoms with van der Waals surface area (Å²) in [6.07, 6.45) is -1.07. The van der Waals surface area contributed by atoms with Gasteiger partial charge in [-0.05, 0) is 18.2 Å². The van der Waals surface area contributed by atoms with Gasteiger partial charge in [0.25, 0.3) is 0 Å². The van der Waals surface area contributed by atoms with Crippen LogP contribution in [0.2, 0.25) is 0 Å². The Morgan fingerprint density at radius 1 is 1.50 bits per heavy atom. The van der Waals surface area contributed by atoms with Crippen LogP contribution in [0.5, 0.6) is 0 Å². The molecule has 0 saturated heterocycles. The number of aliphatic hydroxyl groups is 1. The molecule has 4 heteroatoms. The molecule has 1 aliphatic heterocycles. The highest BCUT2D eigenvalue weighted by molar-refractivity contribution is 9.10.